The summed E-state index contributed by atoms with van der Waals surface area (Å²) in [5.41, 5.74) is 6.55. The number of aromatic nitrogens is 1. The number of pyridine rings is 1. The molecule has 0 unspecified atom stereocenters. The molecule has 1 aromatic rings. The number of aliphatic hydroxyl groups excluding tert-OH is 2. The van der Waals surface area contributed by atoms with Gasteiger partial charge in [-0.1, -0.05) is 6.07 Å². The van der Waals surface area contributed by atoms with Crippen molar-refractivity contribution in [1.82, 2.24) is 4.98 Å². The minimum atomic E-state index is -0.853. The zero-order chi connectivity index (χ0) is 12.4. The molecule has 0 amide bonds. The lowest BCUT2D eigenvalue weighted by Crippen LogP contribution is -2.36. The van der Waals surface area contributed by atoms with Crippen molar-refractivity contribution in [1.29, 1.82) is 0 Å². The minimum Gasteiger partial charge on any atom is -0.477 e. The number of aliphatic hydroxyl groups is 2. The van der Waals surface area contributed by atoms with Gasteiger partial charge in [-0.2, -0.15) is 0 Å². The van der Waals surface area contributed by atoms with Crippen LogP contribution >= 0.6 is 0 Å². The summed E-state index contributed by atoms with van der Waals surface area (Å²) in [6.07, 6.45) is -1.10. The quantitative estimate of drug-likeness (QED) is 0.681. The van der Waals surface area contributed by atoms with Crippen molar-refractivity contribution >= 4 is 0 Å². The summed E-state index contributed by atoms with van der Waals surface area (Å²) in [6, 6.07) is 5.15. The molecule has 1 heterocycles. The van der Waals surface area contributed by atoms with E-state index >= 15 is 0 Å². The first-order valence-electron chi connectivity index (χ1n) is 5.76. The molecule has 1 aliphatic carbocycles. The Hall–Kier alpha value is -1.17. The largest absolute Gasteiger partial charge is 0.477 e. The number of hydrogen-bond donors (Lipinski definition) is 3. The lowest BCUT2D eigenvalue weighted by Gasteiger charge is -2.16. The molecule has 0 bridgehead atoms. The van der Waals surface area contributed by atoms with Gasteiger partial charge in [0.1, 0.15) is 0 Å². The van der Waals surface area contributed by atoms with E-state index in [1.165, 1.54) is 0 Å². The van der Waals surface area contributed by atoms with Gasteiger partial charge < -0.3 is 20.7 Å². The molecule has 1 fully saturated rings. The molecule has 94 valence electrons. The molecule has 5 heteroatoms. The Bertz CT molecular complexity index is 386. The van der Waals surface area contributed by atoms with Crippen LogP contribution in [0, 0.1) is 12.8 Å². The number of hydrogen-bond acceptors (Lipinski definition) is 5. The van der Waals surface area contributed by atoms with E-state index in [9.17, 15) is 10.2 Å². The van der Waals surface area contributed by atoms with Crippen LogP contribution in [0.3, 0.4) is 0 Å². The lowest BCUT2D eigenvalue weighted by molar-refractivity contribution is 0.00523. The summed E-state index contributed by atoms with van der Waals surface area (Å²) in [6.45, 7) is 2.21. The van der Waals surface area contributed by atoms with Crippen molar-refractivity contribution in [3.63, 3.8) is 0 Å². The Kier molecular flexibility index (Phi) is 3.61. The Labute approximate surface area is 100 Å². The zero-order valence-corrected chi connectivity index (χ0v) is 9.78. The summed E-state index contributed by atoms with van der Waals surface area (Å²) in [5.74, 6) is 0.398. The van der Waals surface area contributed by atoms with E-state index in [0.29, 0.717) is 18.9 Å². The molecule has 0 saturated heterocycles. The van der Waals surface area contributed by atoms with E-state index in [-0.39, 0.29) is 12.0 Å². The van der Waals surface area contributed by atoms with Gasteiger partial charge in [0.2, 0.25) is 5.88 Å². The number of nitrogens with two attached hydrogens (primary N) is 1. The molecule has 2 rings (SSSR count). The van der Waals surface area contributed by atoms with Crippen LogP contribution in [0.4, 0.5) is 0 Å². The maximum absolute atomic E-state index is 9.73. The van der Waals surface area contributed by atoms with E-state index in [2.05, 4.69) is 4.98 Å². The summed E-state index contributed by atoms with van der Waals surface area (Å²) in [4.78, 5) is 4.20. The summed E-state index contributed by atoms with van der Waals surface area (Å²) < 4.78 is 5.50. The molecule has 0 radical (unpaired) electrons. The molecular weight excluding hydrogens is 220 g/mol. The highest BCUT2D eigenvalue weighted by atomic mass is 16.5. The fraction of sp³-hybridized carbons (Fsp3) is 0.583. The third-order valence-corrected chi connectivity index (χ3v) is 3.15. The highest BCUT2D eigenvalue weighted by Crippen LogP contribution is 2.26. The van der Waals surface area contributed by atoms with Gasteiger partial charge in [-0.05, 0) is 19.4 Å². The van der Waals surface area contributed by atoms with E-state index in [4.69, 9.17) is 10.5 Å². The van der Waals surface area contributed by atoms with Gasteiger partial charge in [0.05, 0.1) is 18.8 Å². The molecule has 0 aliphatic heterocycles. The van der Waals surface area contributed by atoms with E-state index in [1.807, 2.05) is 19.1 Å². The topological polar surface area (TPSA) is 88.6 Å². The van der Waals surface area contributed by atoms with Gasteiger partial charge in [-0.15, -0.1) is 0 Å². The number of aryl methyl sites for hydroxylation is 1. The number of rotatable bonds is 3. The van der Waals surface area contributed by atoms with Gasteiger partial charge in [0, 0.05) is 23.7 Å². The third kappa shape index (κ3) is 2.74. The van der Waals surface area contributed by atoms with Gasteiger partial charge >= 0.3 is 0 Å². The minimum absolute atomic E-state index is 0.137. The van der Waals surface area contributed by atoms with Crippen LogP contribution in [0.2, 0.25) is 0 Å². The highest BCUT2D eigenvalue weighted by molar-refractivity contribution is 5.14. The predicted octanol–water partition coefficient (Wildman–Crippen LogP) is -0.162. The van der Waals surface area contributed by atoms with Crippen LogP contribution in [-0.2, 0) is 0 Å². The molecule has 1 aromatic heterocycles. The van der Waals surface area contributed by atoms with E-state index < -0.39 is 12.2 Å². The normalized spacial score (nSPS) is 32.7. The van der Waals surface area contributed by atoms with Gasteiger partial charge in [-0.25, -0.2) is 4.98 Å². The third-order valence-electron chi connectivity index (χ3n) is 3.15. The smallest absolute Gasteiger partial charge is 0.213 e. The molecule has 1 saturated carbocycles. The SMILES string of the molecule is Cc1cccc(OC[C@H]2C[C@@H](N)[C@H](O)[C@@H]2O)n1. The molecule has 0 aromatic carbocycles. The zero-order valence-electron chi connectivity index (χ0n) is 9.78. The van der Waals surface area contributed by atoms with Crippen LogP contribution in [0.25, 0.3) is 0 Å². The van der Waals surface area contributed by atoms with Crippen molar-refractivity contribution < 1.29 is 14.9 Å². The van der Waals surface area contributed by atoms with Crippen molar-refractivity contribution in [3.05, 3.63) is 23.9 Å². The van der Waals surface area contributed by atoms with Crippen LogP contribution in [0.5, 0.6) is 5.88 Å². The molecule has 4 N–H and O–H groups in total. The lowest BCUT2D eigenvalue weighted by atomic mass is 10.1. The Balaban J connectivity index is 1.91. The Morgan fingerprint density at radius 1 is 1.41 bits per heavy atom. The van der Waals surface area contributed by atoms with Crippen molar-refractivity contribution in [2.24, 2.45) is 11.7 Å². The van der Waals surface area contributed by atoms with Crippen LogP contribution in [0.15, 0.2) is 18.2 Å². The number of ether oxygens (including phenoxy) is 1. The highest BCUT2D eigenvalue weighted by Gasteiger charge is 2.39. The first kappa shape index (κ1) is 12.3. The molecule has 5 nitrogen and oxygen atoms in total. The second-order valence-electron chi connectivity index (χ2n) is 4.57. The Morgan fingerprint density at radius 3 is 2.76 bits per heavy atom. The molecule has 1 aliphatic rings. The fourth-order valence-electron chi connectivity index (χ4n) is 2.12. The predicted molar refractivity (Wildman–Crippen MR) is 62.6 cm³/mol. The van der Waals surface area contributed by atoms with Gasteiger partial charge in [0.15, 0.2) is 0 Å². The van der Waals surface area contributed by atoms with Crippen LogP contribution in [0.1, 0.15) is 12.1 Å². The molecular formula is C12H18N2O3. The summed E-state index contributed by atoms with van der Waals surface area (Å²) in [5, 5.41) is 19.3. The number of nitrogens with zero attached hydrogens (tertiary/aromatic N) is 1. The maximum Gasteiger partial charge on any atom is 0.213 e. The van der Waals surface area contributed by atoms with Crippen molar-refractivity contribution in [3.8, 4) is 5.88 Å². The van der Waals surface area contributed by atoms with Gasteiger partial charge in [0.25, 0.3) is 0 Å². The average molecular weight is 238 g/mol. The first-order chi connectivity index (χ1) is 8.08. The maximum atomic E-state index is 9.73. The van der Waals surface area contributed by atoms with Crippen molar-refractivity contribution in [2.45, 2.75) is 31.6 Å². The Morgan fingerprint density at radius 2 is 2.18 bits per heavy atom. The van der Waals surface area contributed by atoms with Crippen molar-refractivity contribution in [2.75, 3.05) is 6.61 Å². The first-order valence-corrected chi connectivity index (χ1v) is 5.76. The van der Waals surface area contributed by atoms with E-state index in [0.717, 1.165) is 5.69 Å². The standard InChI is InChI=1S/C12H18N2O3/c1-7-3-2-4-10(14-7)17-6-8-5-9(13)12(16)11(8)15/h2-4,8-9,11-12,15-16H,5-6,13H2,1H3/t8-,9-,11-,12+/m1/s1. The molecule has 17 heavy (non-hydrogen) atoms. The second kappa shape index (κ2) is 5.00. The fourth-order valence-corrected chi connectivity index (χ4v) is 2.12. The van der Waals surface area contributed by atoms with Crippen LogP contribution < -0.4 is 10.5 Å². The second-order valence-corrected chi connectivity index (χ2v) is 4.57. The average Bonchev–Trinajstić information content (AvgIpc) is 2.54. The van der Waals surface area contributed by atoms with E-state index in [1.54, 1.807) is 6.07 Å². The summed E-state index contributed by atoms with van der Waals surface area (Å²) in [7, 11) is 0. The van der Waals surface area contributed by atoms with Crippen LogP contribution in [-0.4, -0.2) is 40.1 Å². The molecule has 0 spiro atoms. The summed E-state index contributed by atoms with van der Waals surface area (Å²) >= 11 is 0. The molecule has 4 atom stereocenters. The monoisotopic (exact) mass is 238 g/mol. The van der Waals surface area contributed by atoms with Gasteiger partial charge in [-0.3, -0.25) is 0 Å².